The number of nitrogens with zero attached hydrogens (tertiary/aromatic N) is 2. The molecule has 2 heterocycles. The molecule has 112 valence electrons. The number of piperidine rings is 1. The minimum atomic E-state index is -3.60. The van der Waals surface area contributed by atoms with Crippen molar-refractivity contribution in [1.29, 1.82) is 0 Å². The molecular weight excluding hydrogens is 282 g/mol. The van der Waals surface area contributed by atoms with Crippen LogP contribution in [-0.4, -0.2) is 48.6 Å². The van der Waals surface area contributed by atoms with Gasteiger partial charge in [-0.15, -0.1) is 0 Å². The van der Waals surface area contributed by atoms with E-state index in [0.717, 1.165) is 0 Å². The second-order valence-corrected chi connectivity index (χ2v) is 6.72. The normalized spacial score (nSPS) is 20.8. The maximum absolute atomic E-state index is 12.5. The molecule has 0 bridgehead atoms. The van der Waals surface area contributed by atoms with E-state index in [4.69, 9.17) is 4.74 Å². The first-order valence-corrected chi connectivity index (χ1v) is 8.07. The van der Waals surface area contributed by atoms with Gasteiger partial charge in [0.2, 0.25) is 10.0 Å². The summed E-state index contributed by atoms with van der Waals surface area (Å²) in [6, 6.07) is 0. The number of sulfonamides is 1. The topological polar surface area (TPSA) is 92.4 Å². The number of rotatable bonds is 4. The molecule has 8 heteroatoms. The summed E-state index contributed by atoms with van der Waals surface area (Å²) in [6.45, 7) is 4.30. The molecule has 0 amide bonds. The minimum absolute atomic E-state index is 0.169. The van der Waals surface area contributed by atoms with E-state index in [-0.39, 0.29) is 23.3 Å². The third kappa shape index (κ3) is 2.85. The zero-order chi connectivity index (χ0) is 14.8. The van der Waals surface area contributed by atoms with Crippen molar-refractivity contribution in [2.75, 3.05) is 19.7 Å². The van der Waals surface area contributed by atoms with Crippen molar-refractivity contribution in [2.24, 2.45) is 5.92 Å². The van der Waals surface area contributed by atoms with Crippen LogP contribution in [0.25, 0.3) is 0 Å². The standard InChI is InChI=1S/C12H19N3O4S/c1-3-19-12(16)10-5-4-6-15(8-10)20(17,18)11-7-13-14-9(11)2/h7,10H,3-6,8H2,1-2H3,(H,13,14)/t10-/m1/s1. The van der Waals surface area contributed by atoms with Gasteiger partial charge in [-0.05, 0) is 26.7 Å². The number of nitrogens with one attached hydrogen (secondary N) is 1. The van der Waals surface area contributed by atoms with Crippen molar-refractivity contribution in [3.8, 4) is 0 Å². The Morgan fingerprint density at radius 1 is 1.60 bits per heavy atom. The van der Waals surface area contributed by atoms with Gasteiger partial charge in [-0.2, -0.15) is 9.40 Å². The molecule has 0 unspecified atom stereocenters. The van der Waals surface area contributed by atoms with Crippen LogP contribution < -0.4 is 0 Å². The maximum atomic E-state index is 12.5. The maximum Gasteiger partial charge on any atom is 0.310 e. The molecule has 1 aliphatic rings. The van der Waals surface area contributed by atoms with Gasteiger partial charge in [-0.3, -0.25) is 9.89 Å². The first-order valence-electron chi connectivity index (χ1n) is 6.63. The van der Waals surface area contributed by atoms with Crippen LogP contribution in [0.5, 0.6) is 0 Å². The van der Waals surface area contributed by atoms with Gasteiger partial charge in [0.05, 0.1) is 24.4 Å². The van der Waals surface area contributed by atoms with Crippen molar-refractivity contribution in [1.82, 2.24) is 14.5 Å². The smallest absolute Gasteiger partial charge is 0.310 e. The van der Waals surface area contributed by atoms with E-state index in [2.05, 4.69) is 10.2 Å². The number of esters is 1. The number of aromatic amines is 1. The molecule has 1 aromatic rings. The van der Waals surface area contributed by atoms with Crippen molar-refractivity contribution in [3.63, 3.8) is 0 Å². The van der Waals surface area contributed by atoms with Crippen LogP contribution in [-0.2, 0) is 19.6 Å². The molecule has 0 saturated carbocycles. The molecule has 1 fully saturated rings. The summed E-state index contributed by atoms with van der Waals surface area (Å²) < 4.78 is 31.3. The number of ether oxygens (including phenoxy) is 1. The second kappa shape index (κ2) is 5.92. The molecule has 2 rings (SSSR count). The summed E-state index contributed by atoms with van der Waals surface area (Å²) in [5.74, 6) is -0.706. The Bertz CT molecular complexity index is 581. The van der Waals surface area contributed by atoms with E-state index in [0.29, 0.717) is 31.7 Å². The third-order valence-corrected chi connectivity index (χ3v) is 5.38. The molecule has 0 aromatic carbocycles. The number of H-pyrrole nitrogens is 1. The highest BCUT2D eigenvalue weighted by Crippen LogP contribution is 2.25. The zero-order valence-electron chi connectivity index (χ0n) is 11.6. The third-order valence-electron chi connectivity index (χ3n) is 3.41. The number of carbonyl (C=O) groups is 1. The van der Waals surface area contributed by atoms with Gasteiger partial charge in [0, 0.05) is 13.1 Å². The van der Waals surface area contributed by atoms with Crippen molar-refractivity contribution >= 4 is 16.0 Å². The quantitative estimate of drug-likeness (QED) is 0.826. The van der Waals surface area contributed by atoms with Crippen LogP contribution in [0.15, 0.2) is 11.1 Å². The highest BCUT2D eigenvalue weighted by Gasteiger charge is 2.35. The molecule has 0 aliphatic carbocycles. The Morgan fingerprint density at radius 2 is 2.35 bits per heavy atom. The van der Waals surface area contributed by atoms with Crippen molar-refractivity contribution in [2.45, 2.75) is 31.6 Å². The van der Waals surface area contributed by atoms with E-state index in [1.807, 2.05) is 0 Å². The molecule has 1 aliphatic heterocycles. The molecule has 1 atom stereocenters. The monoisotopic (exact) mass is 301 g/mol. The van der Waals surface area contributed by atoms with Gasteiger partial charge in [0.1, 0.15) is 4.90 Å². The number of hydrogen-bond donors (Lipinski definition) is 1. The average molecular weight is 301 g/mol. The van der Waals surface area contributed by atoms with E-state index >= 15 is 0 Å². The highest BCUT2D eigenvalue weighted by atomic mass is 32.2. The average Bonchev–Trinajstić information content (AvgIpc) is 2.86. The van der Waals surface area contributed by atoms with Gasteiger partial charge in [-0.25, -0.2) is 8.42 Å². The zero-order valence-corrected chi connectivity index (χ0v) is 12.4. The summed E-state index contributed by atoms with van der Waals surface area (Å²) in [4.78, 5) is 11.9. The summed E-state index contributed by atoms with van der Waals surface area (Å²) in [6.07, 6.45) is 2.62. The SMILES string of the molecule is CCOC(=O)[C@@H]1CCCN(S(=O)(=O)c2cn[nH]c2C)C1. The molecule has 0 spiro atoms. The summed E-state index contributed by atoms with van der Waals surface area (Å²) in [5, 5.41) is 6.36. The van der Waals surface area contributed by atoms with Crippen LogP contribution in [0, 0.1) is 12.8 Å². The summed E-state index contributed by atoms with van der Waals surface area (Å²) in [5.41, 5.74) is 0.503. The van der Waals surface area contributed by atoms with Crippen LogP contribution in [0.1, 0.15) is 25.5 Å². The van der Waals surface area contributed by atoms with Gasteiger partial charge in [-0.1, -0.05) is 0 Å². The Morgan fingerprint density at radius 3 is 2.95 bits per heavy atom. The molecule has 7 nitrogen and oxygen atoms in total. The lowest BCUT2D eigenvalue weighted by molar-refractivity contribution is -0.149. The second-order valence-electron chi connectivity index (χ2n) is 4.81. The van der Waals surface area contributed by atoms with Crippen molar-refractivity contribution < 1.29 is 17.9 Å². The number of carbonyl (C=O) groups excluding carboxylic acids is 1. The predicted octanol–water partition coefficient (Wildman–Crippen LogP) is 0.682. The fourth-order valence-corrected chi connectivity index (χ4v) is 3.99. The molecular formula is C12H19N3O4S. The predicted molar refractivity (Wildman–Crippen MR) is 71.4 cm³/mol. The Labute approximate surface area is 118 Å². The number of aryl methyl sites for hydroxylation is 1. The lowest BCUT2D eigenvalue weighted by Gasteiger charge is -2.30. The van der Waals surface area contributed by atoms with Gasteiger partial charge in [0.15, 0.2) is 0 Å². The summed E-state index contributed by atoms with van der Waals surface area (Å²) in [7, 11) is -3.60. The van der Waals surface area contributed by atoms with Crippen LogP contribution in [0.4, 0.5) is 0 Å². The summed E-state index contributed by atoms with van der Waals surface area (Å²) >= 11 is 0. The van der Waals surface area contributed by atoms with Crippen LogP contribution in [0.2, 0.25) is 0 Å². The molecule has 20 heavy (non-hydrogen) atoms. The van der Waals surface area contributed by atoms with Crippen LogP contribution >= 0.6 is 0 Å². The fraction of sp³-hybridized carbons (Fsp3) is 0.667. The largest absolute Gasteiger partial charge is 0.466 e. The van der Waals surface area contributed by atoms with Gasteiger partial charge < -0.3 is 4.74 Å². The van der Waals surface area contributed by atoms with E-state index < -0.39 is 10.0 Å². The van der Waals surface area contributed by atoms with Crippen molar-refractivity contribution in [3.05, 3.63) is 11.9 Å². The highest BCUT2D eigenvalue weighted by molar-refractivity contribution is 7.89. The van der Waals surface area contributed by atoms with E-state index in [9.17, 15) is 13.2 Å². The van der Waals surface area contributed by atoms with E-state index in [1.54, 1.807) is 13.8 Å². The molecule has 1 N–H and O–H groups in total. The number of aromatic nitrogens is 2. The fourth-order valence-electron chi connectivity index (χ4n) is 2.35. The van der Waals surface area contributed by atoms with Gasteiger partial charge >= 0.3 is 5.97 Å². The Balaban J connectivity index is 2.17. The van der Waals surface area contributed by atoms with Crippen LogP contribution in [0.3, 0.4) is 0 Å². The first-order chi connectivity index (χ1) is 9.46. The Hall–Kier alpha value is -1.41. The minimum Gasteiger partial charge on any atom is -0.466 e. The molecule has 0 radical (unpaired) electrons. The molecule has 1 saturated heterocycles. The van der Waals surface area contributed by atoms with Gasteiger partial charge in [0.25, 0.3) is 0 Å². The first kappa shape index (κ1) is 15.0. The Kier molecular flexibility index (Phi) is 4.44. The molecule has 1 aromatic heterocycles. The van der Waals surface area contributed by atoms with E-state index in [1.165, 1.54) is 10.5 Å². The lowest BCUT2D eigenvalue weighted by atomic mass is 10.0. The number of hydrogen-bond acceptors (Lipinski definition) is 5. The lowest BCUT2D eigenvalue weighted by Crippen LogP contribution is -2.42.